The molecule has 0 aromatic carbocycles. The number of amides is 1. The Hall–Kier alpha value is -2.04. The number of rotatable bonds is 4. The third kappa shape index (κ3) is 6.79. The number of pyridine rings is 1. The van der Waals surface area contributed by atoms with E-state index in [0.29, 0.717) is 12.2 Å². The highest BCUT2D eigenvalue weighted by atomic mass is 16.6. The monoisotopic (exact) mass is 291 g/mol. The molecule has 0 radical (unpaired) electrons. The first-order valence-electron chi connectivity index (χ1n) is 7.05. The minimum atomic E-state index is -0.479. The lowest BCUT2D eigenvalue weighted by atomic mass is 10.1. The van der Waals surface area contributed by atoms with E-state index in [4.69, 9.17) is 10.5 Å². The zero-order valence-electron chi connectivity index (χ0n) is 13.4. The standard InChI is InChI=1S/C16H25N3O2/c1-11-9-13(10-18-14(11)17)8-6-7-12(2)19-15(20)21-16(3,4)5/h6,8-10,12H,7H2,1-5H3,(H2,17,18)(H,19,20)/b8-6+/t12-/m0/s1. The van der Waals surface area contributed by atoms with Gasteiger partial charge in [0.15, 0.2) is 0 Å². The molecule has 1 atom stereocenters. The van der Waals surface area contributed by atoms with Crippen molar-refractivity contribution >= 4 is 18.0 Å². The Morgan fingerprint density at radius 3 is 2.76 bits per heavy atom. The number of nitrogens with zero attached hydrogens (tertiary/aromatic N) is 1. The van der Waals surface area contributed by atoms with Gasteiger partial charge in [-0.25, -0.2) is 9.78 Å². The van der Waals surface area contributed by atoms with Crippen LogP contribution in [0.3, 0.4) is 0 Å². The summed E-state index contributed by atoms with van der Waals surface area (Å²) in [6.07, 6.45) is 6.00. The van der Waals surface area contributed by atoms with E-state index in [1.54, 1.807) is 6.20 Å². The number of aryl methyl sites for hydroxylation is 1. The van der Waals surface area contributed by atoms with Crippen molar-refractivity contribution in [3.05, 3.63) is 29.5 Å². The van der Waals surface area contributed by atoms with Crippen LogP contribution >= 0.6 is 0 Å². The van der Waals surface area contributed by atoms with E-state index in [-0.39, 0.29) is 6.04 Å². The molecule has 0 aliphatic rings. The van der Waals surface area contributed by atoms with Crippen LogP contribution in [0.1, 0.15) is 45.2 Å². The Balaban J connectivity index is 2.45. The fourth-order valence-electron chi connectivity index (χ4n) is 1.67. The summed E-state index contributed by atoms with van der Waals surface area (Å²) in [6, 6.07) is 1.98. The first-order chi connectivity index (χ1) is 9.67. The predicted octanol–water partition coefficient (Wildman–Crippen LogP) is 3.29. The first kappa shape index (κ1) is 17.0. The van der Waals surface area contributed by atoms with E-state index in [9.17, 15) is 4.79 Å². The van der Waals surface area contributed by atoms with Crippen LogP contribution in [0.4, 0.5) is 10.6 Å². The maximum absolute atomic E-state index is 11.6. The van der Waals surface area contributed by atoms with Gasteiger partial charge in [-0.2, -0.15) is 0 Å². The number of hydrogen-bond donors (Lipinski definition) is 2. The van der Waals surface area contributed by atoms with E-state index in [1.165, 1.54) is 0 Å². The molecule has 5 heteroatoms. The zero-order valence-corrected chi connectivity index (χ0v) is 13.4. The summed E-state index contributed by atoms with van der Waals surface area (Å²) >= 11 is 0. The van der Waals surface area contributed by atoms with Crippen molar-refractivity contribution in [1.82, 2.24) is 10.3 Å². The van der Waals surface area contributed by atoms with Gasteiger partial charge in [0, 0.05) is 12.2 Å². The molecule has 21 heavy (non-hydrogen) atoms. The second-order valence-corrected chi connectivity index (χ2v) is 6.16. The van der Waals surface area contributed by atoms with Gasteiger partial charge in [-0.1, -0.05) is 12.2 Å². The SMILES string of the molecule is Cc1cc(/C=C/C[C@H](C)NC(=O)OC(C)(C)C)cnc1N. The van der Waals surface area contributed by atoms with Crippen molar-refractivity contribution in [3.63, 3.8) is 0 Å². The minimum Gasteiger partial charge on any atom is -0.444 e. The molecule has 0 bridgehead atoms. The molecule has 1 rings (SSSR count). The van der Waals surface area contributed by atoms with Gasteiger partial charge in [0.2, 0.25) is 0 Å². The maximum Gasteiger partial charge on any atom is 0.407 e. The summed E-state index contributed by atoms with van der Waals surface area (Å²) < 4.78 is 5.20. The van der Waals surface area contributed by atoms with E-state index in [0.717, 1.165) is 11.1 Å². The minimum absolute atomic E-state index is 0.000984. The fraction of sp³-hybridized carbons (Fsp3) is 0.500. The van der Waals surface area contributed by atoms with Gasteiger partial charge in [-0.15, -0.1) is 0 Å². The van der Waals surface area contributed by atoms with Crippen LogP contribution in [0.2, 0.25) is 0 Å². The predicted molar refractivity (Wildman–Crippen MR) is 85.9 cm³/mol. The quantitative estimate of drug-likeness (QED) is 0.892. The maximum atomic E-state index is 11.6. The second kappa shape index (κ2) is 7.11. The number of nitrogens with two attached hydrogens (primary N) is 1. The summed E-state index contributed by atoms with van der Waals surface area (Å²) in [5.41, 5.74) is 7.14. The normalized spacial score (nSPS) is 13.2. The zero-order chi connectivity index (χ0) is 16.0. The van der Waals surface area contributed by atoms with Crippen molar-refractivity contribution in [2.75, 3.05) is 5.73 Å². The molecular formula is C16H25N3O2. The van der Waals surface area contributed by atoms with Gasteiger partial charge >= 0.3 is 6.09 Å². The number of anilines is 1. The largest absolute Gasteiger partial charge is 0.444 e. The van der Waals surface area contributed by atoms with Crippen molar-refractivity contribution in [3.8, 4) is 0 Å². The van der Waals surface area contributed by atoms with Gasteiger partial charge in [0.05, 0.1) is 0 Å². The summed E-state index contributed by atoms with van der Waals surface area (Å²) in [4.78, 5) is 15.7. The highest BCUT2D eigenvalue weighted by Gasteiger charge is 2.17. The van der Waals surface area contributed by atoms with Crippen molar-refractivity contribution in [1.29, 1.82) is 0 Å². The summed E-state index contributed by atoms with van der Waals surface area (Å²) in [5.74, 6) is 0.548. The van der Waals surface area contributed by atoms with E-state index in [2.05, 4.69) is 10.3 Å². The molecule has 5 nitrogen and oxygen atoms in total. The number of ether oxygens (including phenoxy) is 1. The highest BCUT2D eigenvalue weighted by molar-refractivity contribution is 5.68. The van der Waals surface area contributed by atoms with Gasteiger partial charge in [0.1, 0.15) is 11.4 Å². The summed E-state index contributed by atoms with van der Waals surface area (Å²) in [7, 11) is 0. The van der Waals surface area contributed by atoms with Gasteiger partial charge in [-0.3, -0.25) is 0 Å². The molecule has 0 unspecified atom stereocenters. The molecule has 0 aliphatic carbocycles. The molecule has 0 fully saturated rings. The van der Waals surface area contributed by atoms with Crippen molar-refractivity contribution < 1.29 is 9.53 Å². The molecule has 3 N–H and O–H groups in total. The van der Waals surface area contributed by atoms with Crippen LogP contribution in [0.25, 0.3) is 6.08 Å². The Morgan fingerprint density at radius 2 is 2.19 bits per heavy atom. The van der Waals surface area contributed by atoms with Crippen LogP contribution in [-0.4, -0.2) is 22.7 Å². The van der Waals surface area contributed by atoms with Gasteiger partial charge < -0.3 is 15.8 Å². The highest BCUT2D eigenvalue weighted by Crippen LogP contribution is 2.11. The third-order valence-electron chi connectivity index (χ3n) is 2.70. The molecule has 0 saturated heterocycles. The Morgan fingerprint density at radius 1 is 1.52 bits per heavy atom. The number of carbonyl (C=O) groups excluding carboxylic acids is 1. The van der Waals surface area contributed by atoms with Gasteiger partial charge in [0.25, 0.3) is 0 Å². The van der Waals surface area contributed by atoms with Crippen molar-refractivity contribution in [2.24, 2.45) is 0 Å². The molecule has 116 valence electrons. The number of alkyl carbamates (subject to hydrolysis) is 1. The number of hydrogen-bond acceptors (Lipinski definition) is 4. The smallest absolute Gasteiger partial charge is 0.407 e. The molecule has 1 aromatic heterocycles. The number of aromatic nitrogens is 1. The molecule has 0 spiro atoms. The summed E-state index contributed by atoms with van der Waals surface area (Å²) in [5, 5.41) is 2.80. The lowest BCUT2D eigenvalue weighted by Gasteiger charge is -2.21. The van der Waals surface area contributed by atoms with Crippen LogP contribution in [0.15, 0.2) is 18.3 Å². The second-order valence-electron chi connectivity index (χ2n) is 6.16. The Labute approximate surface area is 126 Å². The molecule has 1 amide bonds. The number of carbonyl (C=O) groups is 1. The number of nitrogens with one attached hydrogen (secondary N) is 1. The van der Waals surface area contributed by atoms with E-state index in [1.807, 2.05) is 52.8 Å². The topological polar surface area (TPSA) is 77.2 Å². The third-order valence-corrected chi connectivity index (χ3v) is 2.70. The lowest BCUT2D eigenvalue weighted by molar-refractivity contribution is 0.0509. The first-order valence-corrected chi connectivity index (χ1v) is 7.05. The fourth-order valence-corrected chi connectivity index (χ4v) is 1.67. The van der Waals surface area contributed by atoms with Crippen LogP contribution < -0.4 is 11.1 Å². The van der Waals surface area contributed by atoms with Crippen LogP contribution in [-0.2, 0) is 4.74 Å². The Kier molecular flexibility index (Phi) is 5.76. The van der Waals surface area contributed by atoms with E-state index < -0.39 is 11.7 Å². The number of nitrogen functional groups attached to an aromatic ring is 1. The lowest BCUT2D eigenvalue weighted by Crippen LogP contribution is -2.37. The molecule has 0 aliphatic heterocycles. The molecule has 0 saturated carbocycles. The molecule has 1 aromatic rings. The average Bonchev–Trinajstić information content (AvgIpc) is 2.31. The van der Waals surface area contributed by atoms with Crippen molar-refractivity contribution in [2.45, 2.75) is 52.7 Å². The Bertz CT molecular complexity index is 519. The van der Waals surface area contributed by atoms with Crippen LogP contribution in [0.5, 0.6) is 0 Å². The summed E-state index contributed by atoms with van der Waals surface area (Å²) in [6.45, 7) is 9.38. The van der Waals surface area contributed by atoms with Gasteiger partial charge in [-0.05, 0) is 58.2 Å². The molecular weight excluding hydrogens is 266 g/mol. The van der Waals surface area contributed by atoms with E-state index >= 15 is 0 Å². The van der Waals surface area contributed by atoms with Crippen LogP contribution in [0, 0.1) is 6.92 Å². The average molecular weight is 291 g/mol. The molecule has 1 heterocycles.